The molecule has 17 heteroatoms. The normalized spacial score (nSPS) is 17.1. The summed E-state index contributed by atoms with van der Waals surface area (Å²) in [7, 11) is 0. The average molecular weight is 682 g/mol. The number of imide groups is 1. The molecule has 0 bridgehead atoms. The molecule has 1 aromatic heterocycles. The van der Waals surface area contributed by atoms with Crippen molar-refractivity contribution in [3.63, 3.8) is 0 Å². The summed E-state index contributed by atoms with van der Waals surface area (Å²) >= 11 is 6.98. The van der Waals surface area contributed by atoms with Gasteiger partial charge in [0.25, 0.3) is 11.8 Å². The molecule has 4 N–H and O–H groups in total. The van der Waals surface area contributed by atoms with Crippen LogP contribution in [0.2, 0.25) is 4.34 Å². The topological polar surface area (TPSA) is 189 Å². The number of primary amides is 1. The van der Waals surface area contributed by atoms with Gasteiger partial charge in [0, 0.05) is 25.1 Å². The molecule has 0 spiro atoms. The van der Waals surface area contributed by atoms with E-state index in [1.807, 2.05) is 0 Å². The third-order valence-corrected chi connectivity index (χ3v) is 8.51. The van der Waals surface area contributed by atoms with E-state index in [1.165, 1.54) is 29.2 Å². The van der Waals surface area contributed by atoms with Gasteiger partial charge in [-0.05, 0) is 56.1 Å². The minimum absolute atomic E-state index is 0.0218. The minimum Gasteiger partial charge on any atom is -0.480 e. The van der Waals surface area contributed by atoms with Crippen LogP contribution in [-0.2, 0) is 28.7 Å². The molecule has 1 aromatic carbocycles. The number of rotatable bonds is 15. The second-order valence-corrected chi connectivity index (χ2v) is 12.3. The Morgan fingerprint density at radius 1 is 1.15 bits per heavy atom. The van der Waals surface area contributed by atoms with Crippen LogP contribution < -0.4 is 20.9 Å². The first kappa shape index (κ1) is 34.7. The molecule has 46 heavy (non-hydrogen) atoms. The number of hydrogen-bond acceptors (Lipinski definition) is 10. The number of halogens is 2. The number of benzene rings is 1. The van der Waals surface area contributed by atoms with E-state index in [-0.39, 0.29) is 68.5 Å². The van der Waals surface area contributed by atoms with Gasteiger partial charge in [-0.25, -0.2) is 9.18 Å². The summed E-state index contributed by atoms with van der Waals surface area (Å²) in [5.74, 6) is -4.03. The van der Waals surface area contributed by atoms with Crippen LogP contribution in [0.4, 0.5) is 20.6 Å². The third-order valence-electron chi connectivity index (χ3n) is 7.30. The van der Waals surface area contributed by atoms with Crippen molar-refractivity contribution in [2.45, 2.75) is 44.2 Å². The molecule has 3 heterocycles. The summed E-state index contributed by atoms with van der Waals surface area (Å²) < 4.78 is 26.1. The van der Waals surface area contributed by atoms with Crippen LogP contribution in [0.5, 0.6) is 0 Å². The number of carbonyl (C=O) groups is 6. The lowest BCUT2D eigenvalue weighted by Gasteiger charge is -2.27. The van der Waals surface area contributed by atoms with Crippen molar-refractivity contribution in [1.29, 1.82) is 0 Å². The number of amides is 5. The van der Waals surface area contributed by atoms with Crippen molar-refractivity contribution in [3.8, 4) is 0 Å². The lowest BCUT2D eigenvalue weighted by atomic mass is 10.1. The molecule has 2 aromatic rings. The summed E-state index contributed by atoms with van der Waals surface area (Å²) in [4.78, 5) is 77.6. The molecule has 2 fully saturated rings. The highest BCUT2D eigenvalue weighted by Gasteiger charge is 2.38. The Morgan fingerprint density at radius 3 is 2.59 bits per heavy atom. The van der Waals surface area contributed by atoms with E-state index in [4.69, 9.17) is 26.8 Å². The van der Waals surface area contributed by atoms with Crippen molar-refractivity contribution < 1.29 is 47.7 Å². The van der Waals surface area contributed by atoms with E-state index < -0.39 is 47.7 Å². The molecule has 2 aliphatic heterocycles. The van der Waals surface area contributed by atoms with E-state index in [1.54, 1.807) is 0 Å². The molecule has 2 atom stereocenters. The molecule has 0 radical (unpaired) electrons. The second kappa shape index (κ2) is 15.9. The SMILES string of the molecule is NC(=O)CC[C@H](NCCCCC(=O)N(C[C@H]1CN(c2ccc(N3CCOCC3=O)cc2F)C(=O)O1)C(=O)c1ccc(Cl)s1)C(=O)O. The number of nitrogens with zero attached hydrogens (tertiary/aromatic N) is 3. The van der Waals surface area contributed by atoms with Crippen LogP contribution in [0.25, 0.3) is 0 Å². The Labute approximate surface area is 272 Å². The monoisotopic (exact) mass is 681 g/mol. The minimum atomic E-state index is -1.13. The van der Waals surface area contributed by atoms with Gasteiger partial charge >= 0.3 is 12.1 Å². The highest BCUT2D eigenvalue weighted by atomic mass is 35.5. The van der Waals surface area contributed by atoms with Crippen LogP contribution in [0.3, 0.4) is 0 Å². The van der Waals surface area contributed by atoms with Crippen LogP contribution in [0, 0.1) is 5.82 Å². The first-order chi connectivity index (χ1) is 21.9. The molecular formula is C29H33ClFN5O9S. The fraction of sp³-hybridized carbons (Fsp3) is 0.448. The molecule has 2 saturated heterocycles. The fourth-order valence-electron chi connectivity index (χ4n) is 4.96. The van der Waals surface area contributed by atoms with Crippen LogP contribution in [0.1, 0.15) is 41.8 Å². The van der Waals surface area contributed by atoms with E-state index in [0.717, 1.165) is 27.2 Å². The lowest BCUT2D eigenvalue weighted by molar-refractivity contribution is -0.139. The van der Waals surface area contributed by atoms with Gasteiger partial charge in [0.05, 0.1) is 34.6 Å². The second-order valence-electron chi connectivity index (χ2n) is 10.6. The van der Waals surface area contributed by atoms with E-state index in [2.05, 4.69) is 5.32 Å². The number of aliphatic carboxylic acids is 1. The van der Waals surface area contributed by atoms with Crippen molar-refractivity contribution in [1.82, 2.24) is 10.2 Å². The van der Waals surface area contributed by atoms with Crippen LogP contribution in [-0.4, -0.2) is 97.2 Å². The van der Waals surface area contributed by atoms with Gasteiger partial charge in [0.1, 0.15) is 24.6 Å². The Morgan fingerprint density at radius 2 is 1.93 bits per heavy atom. The number of cyclic esters (lactones) is 1. The third kappa shape index (κ3) is 8.99. The summed E-state index contributed by atoms with van der Waals surface area (Å²) in [5, 5.41) is 12.1. The zero-order chi connectivity index (χ0) is 33.4. The Hall–Kier alpha value is -4.12. The number of nitrogens with one attached hydrogen (secondary N) is 1. The summed E-state index contributed by atoms with van der Waals surface area (Å²) in [5.41, 5.74) is 5.32. The van der Waals surface area contributed by atoms with E-state index >= 15 is 4.39 Å². The molecule has 0 saturated carbocycles. The maximum absolute atomic E-state index is 15.2. The predicted molar refractivity (Wildman–Crippen MR) is 164 cm³/mol. The van der Waals surface area contributed by atoms with E-state index in [9.17, 15) is 33.9 Å². The van der Waals surface area contributed by atoms with Gasteiger partial charge in [-0.2, -0.15) is 0 Å². The largest absolute Gasteiger partial charge is 0.480 e. The first-order valence-corrected chi connectivity index (χ1v) is 15.6. The molecule has 0 unspecified atom stereocenters. The maximum Gasteiger partial charge on any atom is 0.414 e. The standard InChI is InChI=1S/C29H33ClFN5O9S/c30-23-8-7-22(46-23)27(40)36(25(38)3-1-2-10-33-20(28(41)42)5-9-24(32)37)15-18-14-35(29(43)45-18)21-6-4-17(13-19(21)31)34-11-12-44-16-26(34)39/h4,6-8,13,18,20,33H,1-3,5,9-12,14-16H2,(H2,32,37)(H,41,42)/t18-,20+/m1/s1. The molecule has 4 rings (SSSR count). The Bertz CT molecular complexity index is 1490. The number of nitrogens with two attached hydrogens (primary N) is 1. The molecule has 5 amide bonds. The summed E-state index contributed by atoms with van der Waals surface area (Å²) in [6, 6.07) is 6.01. The van der Waals surface area contributed by atoms with Crippen molar-refractivity contribution in [2.75, 3.05) is 49.2 Å². The smallest absolute Gasteiger partial charge is 0.414 e. The average Bonchev–Trinajstić information content (AvgIpc) is 3.61. The maximum atomic E-state index is 15.2. The number of carbonyl (C=O) groups excluding carboxylic acids is 5. The van der Waals surface area contributed by atoms with Gasteiger partial charge < -0.3 is 30.5 Å². The number of thiophene rings is 1. The van der Waals surface area contributed by atoms with Gasteiger partial charge in [0.2, 0.25) is 11.8 Å². The van der Waals surface area contributed by atoms with Gasteiger partial charge in [-0.15, -0.1) is 11.3 Å². The zero-order valence-electron chi connectivity index (χ0n) is 24.6. The van der Waals surface area contributed by atoms with E-state index in [0.29, 0.717) is 29.5 Å². The van der Waals surface area contributed by atoms with Crippen LogP contribution in [0.15, 0.2) is 30.3 Å². The number of carboxylic acids is 1. The quantitative estimate of drug-likeness (QED) is 0.235. The van der Waals surface area contributed by atoms with Gasteiger partial charge in [-0.3, -0.25) is 33.8 Å². The predicted octanol–water partition coefficient (Wildman–Crippen LogP) is 2.38. The Kier molecular flexibility index (Phi) is 12.0. The Balaban J connectivity index is 1.38. The zero-order valence-corrected chi connectivity index (χ0v) is 26.2. The van der Waals surface area contributed by atoms with Crippen molar-refractivity contribution >= 4 is 70.0 Å². The number of ether oxygens (including phenoxy) is 2. The molecule has 14 nitrogen and oxygen atoms in total. The molecular weight excluding hydrogens is 649 g/mol. The molecule has 248 valence electrons. The number of morpholine rings is 1. The summed E-state index contributed by atoms with van der Waals surface area (Å²) in [6.45, 7) is 0.228. The number of unbranched alkanes of at least 4 members (excludes halogenated alkanes) is 1. The number of hydrogen-bond donors (Lipinski definition) is 3. The fourth-order valence-corrected chi connectivity index (χ4v) is 5.95. The highest BCUT2D eigenvalue weighted by molar-refractivity contribution is 7.18. The van der Waals surface area contributed by atoms with Crippen molar-refractivity contribution in [2.24, 2.45) is 5.73 Å². The first-order valence-electron chi connectivity index (χ1n) is 14.4. The molecule has 0 aliphatic carbocycles. The highest BCUT2D eigenvalue weighted by Crippen LogP contribution is 2.30. The van der Waals surface area contributed by atoms with Crippen LogP contribution >= 0.6 is 22.9 Å². The molecule has 2 aliphatic rings. The van der Waals surface area contributed by atoms with Crippen molar-refractivity contribution in [3.05, 3.63) is 45.4 Å². The number of carboxylic acid groups (broad SMARTS) is 1. The van der Waals surface area contributed by atoms with Gasteiger partial charge in [0.15, 0.2) is 0 Å². The number of anilines is 2. The lowest BCUT2D eigenvalue weighted by Crippen LogP contribution is -2.43. The van der Waals surface area contributed by atoms with Gasteiger partial charge in [-0.1, -0.05) is 11.6 Å². The summed E-state index contributed by atoms with van der Waals surface area (Å²) in [6.07, 6.45) is -1.31.